The number of amides is 1. The van der Waals surface area contributed by atoms with E-state index in [0.717, 1.165) is 5.56 Å². The maximum Gasteiger partial charge on any atom is 0.271 e. The maximum atomic E-state index is 12.7. The Labute approximate surface area is 187 Å². The van der Waals surface area contributed by atoms with Crippen LogP contribution in [-0.4, -0.2) is 34.2 Å². The van der Waals surface area contributed by atoms with Crippen molar-refractivity contribution in [2.45, 2.75) is 4.90 Å². The molecule has 3 aromatic carbocycles. The van der Waals surface area contributed by atoms with Gasteiger partial charge in [-0.1, -0.05) is 43.0 Å². The lowest BCUT2D eigenvalue weighted by Gasteiger charge is -2.19. The normalized spacial score (nSPS) is 11.2. The van der Waals surface area contributed by atoms with Gasteiger partial charge in [0.15, 0.2) is 0 Å². The molecule has 0 spiro atoms. The zero-order valence-corrected chi connectivity index (χ0v) is 18.3. The molecule has 0 saturated heterocycles. The molecule has 0 aliphatic rings. The molecule has 0 aliphatic heterocycles. The van der Waals surface area contributed by atoms with E-state index in [9.17, 15) is 13.2 Å². The predicted octanol–water partition coefficient (Wildman–Crippen LogP) is 3.84. The molecule has 32 heavy (non-hydrogen) atoms. The Morgan fingerprint density at radius 2 is 1.78 bits per heavy atom. The predicted molar refractivity (Wildman–Crippen MR) is 126 cm³/mol. The Hall–Kier alpha value is -3.91. The van der Waals surface area contributed by atoms with Crippen molar-refractivity contribution in [3.05, 3.63) is 103 Å². The molecule has 7 nitrogen and oxygen atoms in total. The van der Waals surface area contributed by atoms with E-state index in [0.29, 0.717) is 23.6 Å². The second-order valence-electron chi connectivity index (χ2n) is 6.70. The molecule has 0 unspecified atom stereocenters. The minimum absolute atomic E-state index is 0.192. The van der Waals surface area contributed by atoms with Gasteiger partial charge in [-0.15, -0.1) is 0 Å². The highest BCUT2D eigenvalue weighted by atomic mass is 32.2. The van der Waals surface area contributed by atoms with Crippen molar-refractivity contribution in [1.82, 2.24) is 5.43 Å². The van der Waals surface area contributed by atoms with Crippen LogP contribution in [0.25, 0.3) is 0 Å². The fourth-order valence-electron chi connectivity index (χ4n) is 2.78. The Bertz CT molecular complexity index is 1210. The molecule has 0 aliphatic carbocycles. The number of anilines is 1. The van der Waals surface area contributed by atoms with Crippen LogP contribution < -0.4 is 14.5 Å². The van der Waals surface area contributed by atoms with Crippen LogP contribution >= 0.6 is 0 Å². The first-order valence-corrected chi connectivity index (χ1v) is 11.2. The van der Waals surface area contributed by atoms with E-state index >= 15 is 0 Å². The summed E-state index contributed by atoms with van der Waals surface area (Å²) in [5.74, 6) is 0.255. The summed E-state index contributed by atoms with van der Waals surface area (Å²) in [7, 11) is -2.22. The molecule has 164 valence electrons. The van der Waals surface area contributed by atoms with Gasteiger partial charge in [0.05, 0.1) is 16.8 Å². The highest BCUT2D eigenvalue weighted by molar-refractivity contribution is 7.92. The summed E-state index contributed by atoms with van der Waals surface area (Å²) in [6.07, 6.45) is 3.16. The highest BCUT2D eigenvalue weighted by Gasteiger charge is 2.21. The second kappa shape index (κ2) is 10.4. The van der Waals surface area contributed by atoms with Gasteiger partial charge in [0.2, 0.25) is 0 Å². The summed E-state index contributed by atoms with van der Waals surface area (Å²) >= 11 is 0. The lowest BCUT2D eigenvalue weighted by Crippen LogP contribution is -2.26. The number of hydrazone groups is 1. The van der Waals surface area contributed by atoms with Gasteiger partial charge in [0, 0.05) is 12.6 Å². The Kier molecular flexibility index (Phi) is 7.41. The van der Waals surface area contributed by atoms with Crippen molar-refractivity contribution < 1.29 is 17.9 Å². The van der Waals surface area contributed by atoms with Crippen molar-refractivity contribution in [1.29, 1.82) is 0 Å². The van der Waals surface area contributed by atoms with Gasteiger partial charge in [-0.25, -0.2) is 13.8 Å². The Morgan fingerprint density at radius 1 is 1.06 bits per heavy atom. The van der Waals surface area contributed by atoms with Crippen LogP contribution in [0.5, 0.6) is 5.75 Å². The summed E-state index contributed by atoms with van der Waals surface area (Å²) in [5.41, 5.74) is 4.00. The van der Waals surface area contributed by atoms with Gasteiger partial charge in [0.1, 0.15) is 12.4 Å². The van der Waals surface area contributed by atoms with Crippen LogP contribution in [0.4, 0.5) is 5.69 Å². The molecule has 0 atom stereocenters. The fraction of sp³-hybridized carbons (Fsp3) is 0.0833. The topological polar surface area (TPSA) is 88.1 Å². The van der Waals surface area contributed by atoms with E-state index in [-0.39, 0.29) is 4.90 Å². The van der Waals surface area contributed by atoms with Crippen LogP contribution in [0.2, 0.25) is 0 Å². The number of ether oxygens (including phenoxy) is 1. The number of sulfonamides is 1. The third-order valence-electron chi connectivity index (χ3n) is 4.50. The van der Waals surface area contributed by atoms with Crippen molar-refractivity contribution in [2.24, 2.45) is 5.10 Å². The Balaban J connectivity index is 1.64. The van der Waals surface area contributed by atoms with Crippen molar-refractivity contribution in [3.8, 4) is 5.75 Å². The molecule has 0 saturated carbocycles. The molecule has 3 rings (SSSR count). The summed E-state index contributed by atoms with van der Waals surface area (Å²) < 4.78 is 32.1. The number of rotatable bonds is 9. The van der Waals surface area contributed by atoms with E-state index in [2.05, 4.69) is 17.1 Å². The van der Waals surface area contributed by atoms with Crippen LogP contribution in [0.3, 0.4) is 0 Å². The van der Waals surface area contributed by atoms with Gasteiger partial charge in [-0.2, -0.15) is 5.10 Å². The zero-order valence-electron chi connectivity index (χ0n) is 17.5. The van der Waals surface area contributed by atoms with Crippen LogP contribution in [0, 0.1) is 0 Å². The van der Waals surface area contributed by atoms with Crippen molar-refractivity contribution in [2.75, 3.05) is 18.0 Å². The van der Waals surface area contributed by atoms with E-state index in [1.807, 2.05) is 18.2 Å². The number of nitrogens with zero attached hydrogens (tertiary/aromatic N) is 2. The molecular formula is C24H23N3O4S. The first-order chi connectivity index (χ1) is 15.4. The van der Waals surface area contributed by atoms with Gasteiger partial charge >= 0.3 is 0 Å². The quantitative estimate of drug-likeness (QED) is 0.305. The molecule has 0 fully saturated rings. The van der Waals surface area contributed by atoms with Gasteiger partial charge in [-0.3, -0.25) is 9.10 Å². The van der Waals surface area contributed by atoms with Crippen LogP contribution in [-0.2, 0) is 10.0 Å². The number of nitrogens with one attached hydrogen (secondary N) is 1. The third-order valence-corrected chi connectivity index (χ3v) is 6.30. The summed E-state index contributed by atoms with van der Waals surface area (Å²) in [6.45, 7) is 4.00. The summed E-state index contributed by atoms with van der Waals surface area (Å²) in [5, 5.41) is 3.97. The van der Waals surface area contributed by atoms with Gasteiger partial charge < -0.3 is 4.74 Å². The summed E-state index contributed by atoms with van der Waals surface area (Å²) in [6, 6.07) is 21.6. The van der Waals surface area contributed by atoms with E-state index in [1.165, 1.54) is 29.7 Å². The SMILES string of the molecule is C=CCOc1cccc(/C=N\NC(=O)c2ccc(N(C)S(=O)(=O)c3ccccc3)cc2)c1. The van der Waals surface area contributed by atoms with E-state index < -0.39 is 15.9 Å². The molecule has 0 bridgehead atoms. The number of benzene rings is 3. The lowest BCUT2D eigenvalue weighted by molar-refractivity contribution is 0.0955. The number of hydrogen-bond donors (Lipinski definition) is 1. The standard InChI is InChI=1S/C24H23N3O4S/c1-3-16-31-22-9-7-8-19(17-22)18-25-26-24(28)20-12-14-21(15-13-20)27(2)32(29,30)23-10-5-4-6-11-23/h3-15,17-18H,1,16H2,2H3,(H,26,28)/b25-18-. The third kappa shape index (κ3) is 5.61. The zero-order chi connectivity index (χ0) is 23.0. The van der Waals surface area contributed by atoms with E-state index in [1.54, 1.807) is 54.6 Å². The molecular weight excluding hydrogens is 426 g/mol. The number of carbonyl (C=O) groups excluding carboxylic acids is 1. The largest absolute Gasteiger partial charge is 0.490 e. The molecule has 3 aromatic rings. The van der Waals surface area contributed by atoms with Gasteiger partial charge in [0.25, 0.3) is 15.9 Å². The van der Waals surface area contributed by atoms with Crippen molar-refractivity contribution in [3.63, 3.8) is 0 Å². The molecule has 0 heterocycles. The summed E-state index contributed by atoms with van der Waals surface area (Å²) in [4.78, 5) is 12.5. The molecule has 0 aromatic heterocycles. The molecule has 8 heteroatoms. The molecule has 1 N–H and O–H groups in total. The van der Waals surface area contributed by atoms with Gasteiger partial charge in [-0.05, 0) is 54.1 Å². The first kappa shape index (κ1) is 22.8. The minimum atomic E-state index is -3.69. The molecule has 0 radical (unpaired) electrons. The first-order valence-electron chi connectivity index (χ1n) is 9.73. The van der Waals surface area contributed by atoms with Crippen molar-refractivity contribution >= 4 is 27.8 Å². The van der Waals surface area contributed by atoms with Crippen LogP contribution in [0.1, 0.15) is 15.9 Å². The monoisotopic (exact) mass is 449 g/mol. The molecule has 1 amide bonds. The lowest BCUT2D eigenvalue weighted by atomic mass is 10.2. The van der Waals surface area contributed by atoms with Crippen LogP contribution in [0.15, 0.2) is 102 Å². The smallest absolute Gasteiger partial charge is 0.271 e. The second-order valence-corrected chi connectivity index (χ2v) is 8.67. The van der Waals surface area contributed by atoms with E-state index in [4.69, 9.17) is 4.74 Å². The maximum absolute atomic E-state index is 12.7. The average Bonchev–Trinajstić information content (AvgIpc) is 2.83. The highest BCUT2D eigenvalue weighted by Crippen LogP contribution is 2.22. The Morgan fingerprint density at radius 3 is 2.47 bits per heavy atom. The minimum Gasteiger partial charge on any atom is -0.490 e. The average molecular weight is 450 g/mol. The number of carbonyl (C=O) groups is 1. The number of hydrogen-bond acceptors (Lipinski definition) is 5. The fourth-order valence-corrected chi connectivity index (χ4v) is 4.00.